The molecule has 0 fully saturated rings. The van der Waals surface area contributed by atoms with E-state index >= 15 is 0 Å². The first kappa shape index (κ1) is 13.4. The van der Waals surface area contributed by atoms with Crippen molar-refractivity contribution in [3.8, 4) is 11.5 Å². The summed E-state index contributed by atoms with van der Waals surface area (Å²) >= 11 is 0. The Morgan fingerprint density at radius 2 is 1.84 bits per heavy atom. The van der Waals surface area contributed by atoms with E-state index in [2.05, 4.69) is 0 Å². The SMILES string of the molecule is COc1ccc(OCC(O)c2ccccc2)cc1C. The normalized spacial score (nSPS) is 11.9. The third-order valence-corrected chi connectivity index (χ3v) is 2.96. The van der Waals surface area contributed by atoms with Crippen LogP contribution in [0.15, 0.2) is 48.5 Å². The lowest BCUT2D eigenvalue weighted by atomic mass is 10.1. The van der Waals surface area contributed by atoms with Crippen LogP contribution in [0.4, 0.5) is 0 Å². The number of methoxy groups -OCH3 is 1. The van der Waals surface area contributed by atoms with Crippen LogP contribution in [0.3, 0.4) is 0 Å². The topological polar surface area (TPSA) is 38.7 Å². The summed E-state index contributed by atoms with van der Waals surface area (Å²) in [6.07, 6.45) is -0.622. The molecule has 1 atom stereocenters. The average Bonchev–Trinajstić information content (AvgIpc) is 2.46. The fourth-order valence-electron chi connectivity index (χ4n) is 1.89. The third kappa shape index (κ3) is 3.48. The van der Waals surface area contributed by atoms with Crippen LogP contribution in [-0.4, -0.2) is 18.8 Å². The van der Waals surface area contributed by atoms with Crippen molar-refractivity contribution in [1.29, 1.82) is 0 Å². The first-order valence-electron chi connectivity index (χ1n) is 6.21. The highest BCUT2D eigenvalue weighted by Crippen LogP contribution is 2.24. The van der Waals surface area contributed by atoms with Gasteiger partial charge in [0.25, 0.3) is 0 Å². The van der Waals surface area contributed by atoms with Crippen LogP contribution in [0.5, 0.6) is 11.5 Å². The Kier molecular flexibility index (Phi) is 4.42. The molecule has 2 aromatic rings. The molecule has 3 heteroatoms. The van der Waals surface area contributed by atoms with E-state index in [1.807, 2.05) is 55.5 Å². The van der Waals surface area contributed by atoms with E-state index in [1.165, 1.54) is 0 Å². The number of aliphatic hydroxyl groups is 1. The van der Waals surface area contributed by atoms with Gasteiger partial charge < -0.3 is 14.6 Å². The quantitative estimate of drug-likeness (QED) is 0.895. The zero-order valence-electron chi connectivity index (χ0n) is 11.2. The Morgan fingerprint density at radius 3 is 2.47 bits per heavy atom. The standard InChI is InChI=1S/C16H18O3/c1-12-10-14(8-9-16(12)18-2)19-11-15(17)13-6-4-3-5-7-13/h3-10,15,17H,11H2,1-2H3. The van der Waals surface area contributed by atoms with Crippen LogP contribution < -0.4 is 9.47 Å². The lowest BCUT2D eigenvalue weighted by molar-refractivity contribution is 0.108. The summed E-state index contributed by atoms with van der Waals surface area (Å²) in [7, 11) is 1.64. The molecule has 3 nitrogen and oxygen atoms in total. The van der Waals surface area contributed by atoms with Gasteiger partial charge in [-0.1, -0.05) is 30.3 Å². The summed E-state index contributed by atoms with van der Waals surface area (Å²) in [5, 5.41) is 10.0. The molecule has 0 aliphatic carbocycles. The minimum Gasteiger partial charge on any atom is -0.496 e. The Labute approximate surface area is 113 Å². The molecule has 0 saturated heterocycles. The van der Waals surface area contributed by atoms with Crippen molar-refractivity contribution >= 4 is 0 Å². The molecule has 1 unspecified atom stereocenters. The van der Waals surface area contributed by atoms with Crippen LogP contribution >= 0.6 is 0 Å². The minimum absolute atomic E-state index is 0.232. The van der Waals surface area contributed by atoms with Gasteiger partial charge in [0.1, 0.15) is 24.2 Å². The molecule has 0 aliphatic rings. The number of hydrogen-bond acceptors (Lipinski definition) is 3. The van der Waals surface area contributed by atoms with Gasteiger partial charge in [0, 0.05) is 0 Å². The highest BCUT2D eigenvalue weighted by molar-refractivity contribution is 5.39. The van der Waals surface area contributed by atoms with E-state index in [4.69, 9.17) is 9.47 Å². The van der Waals surface area contributed by atoms with Gasteiger partial charge in [-0.3, -0.25) is 0 Å². The van der Waals surface area contributed by atoms with E-state index in [-0.39, 0.29) is 6.61 Å². The molecule has 0 spiro atoms. The van der Waals surface area contributed by atoms with Crippen LogP contribution in [0.25, 0.3) is 0 Å². The molecule has 0 aromatic heterocycles. The lowest BCUT2D eigenvalue weighted by Gasteiger charge is -2.13. The van der Waals surface area contributed by atoms with E-state index in [1.54, 1.807) is 7.11 Å². The molecular weight excluding hydrogens is 240 g/mol. The van der Waals surface area contributed by atoms with Gasteiger partial charge >= 0.3 is 0 Å². The van der Waals surface area contributed by atoms with Crippen molar-refractivity contribution in [2.45, 2.75) is 13.0 Å². The maximum absolute atomic E-state index is 10.0. The molecule has 0 amide bonds. The molecule has 0 aliphatic heterocycles. The maximum atomic E-state index is 10.0. The first-order chi connectivity index (χ1) is 9.20. The Hall–Kier alpha value is -2.00. The summed E-state index contributed by atoms with van der Waals surface area (Å²) in [6.45, 7) is 2.19. The van der Waals surface area contributed by atoms with E-state index in [0.29, 0.717) is 0 Å². The largest absolute Gasteiger partial charge is 0.496 e. The van der Waals surface area contributed by atoms with Gasteiger partial charge in [0.15, 0.2) is 0 Å². The zero-order valence-corrected chi connectivity index (χ0v) is 11.2. The monoisotopic (exact) mass is 258 g/mol. The van der Waals surface area contributed by atoms with Crippen molar-refractivity contribution in [2.24, 2.45) is 0 Å². The van der Waals surface area contributed by atoms with Gasteiger partial charge in [0.2, 0.25) is 0 Å². The number of aryl methyl sites for hydroxylation is 1. The van der Waals surface area contributed by atoms with Gasteiger partial charge in [-0.25, -0.2) is 0 Å². The predicted molar refractivity (Wildman–Crippen MR) is 74.6 cm³/mol. The Balaban J connectivity index is 1.97. The fourth-order valence-corrected chi connectivity index (χ4v) is 1.89. The van der Waals surface area contributed by atoms with Crippen LogP contribution in [0, 0.1) is 6.92 Å². The molecule has 0 saturated carbocycles. The van der Waals surface area contributed by atoms with E-state index in [0.717, 1.165) is 22.6 Å². The molecule has 2 aromatic carbocycles. The number of ether oxygens (including phenoxy) is 2. The van der Waals surface area contributed by atoms with Gasteiger partial charge in [-0.05, 0) is 36.2 Å². The second kappa shape index (κ2) is 6.25. The summed E-state index contributed by atoms with van der Waals surface area (Å²) in [6, 6.07) is 15.1. The van der Waals surface area contributed by atoms with Crippen molar-refractivity contribution in [1.82, 2.24) is 0 Å². The van der Waals surface area contributed by atoms with Gasteiger partial charge in [-0.2, -0.15) is 0 Å². The molecule has 2 rings (SSSR count). The fraction of sp³-hybridized carbons (Fsp3) is 0.250. The van der Waals surface area contributed by atoms with E-state index < -0.39 is 6.10 Å². The van der Waals surface area contributed by atoms with Crippen LogP contribution in [0.2, 0.25) is 0 Å². The predicted octanol–water partition coefficient (Wildman–Crippen LogP) is 3.12. The molecule has 0 bridgehead atoms. The second-order valence-electron chi connectivity index (χ2n) is 4.37. The summed E-state index contributed by atoms with van der Waals surface area (Å²) < 4.78 is 10.8. The molecule has 0 radical (unpaired) electrons. The Morgan fingerprint density at radius 1 is 1.11 bits per heavy atom. The molecular formula is C16H18O3. The molecule has 100 valence electrons. The maximum Gasteiger partial charge on any atom is 0.122 e. The number of aliphatic hydroxyl groups excluding tert-OH is 1. The van der Waals surface area contributed by atoms with Crippen molar-refractivity contribution in [3.05, 3.63) is 59.7 Å². The second-order valence-corrected chi connectivity index (χ2v) is 4.37. The number of rotatable bonds is 5. The van der Waals surface area contributed by atoms with Crippen molar-refractivity contribution < 1.29 is 14.6 Å². The molecule has 1 N–H and O–H groups in total. The third-order valence-electron chi connectivity index (χ3n) is 2.96. The zero-order chi connectivity index (χ0) is 13.7. The minimum atomic E-state index is -0.622. The van der Waals surface area contributed by atoms with Crippen molar-refractivity contribution in [3.63, 3.8) is 0 Å². The highest BCUT2D eigenvalue weighted by atomic mass is 16.5. The van der Waals surface area contributed by atoms with Gasteiger partial charge in [0.05, 0.1) is 7.11 Å². The molecule has 0 heterocycles. The van der Waals surface area contributed by atoms with Crippen molar-refractivity contribution in [2.75, 3.05) is 13.7 Å². The molecule has 19 heavy (non-hydrogen) atoms. The lowest BCUT2D eigenvalue weighted by Crippen LogP contribution is -2.09. The van der Waals surface area contributed by atoms with E-state index in [9.17, 15) is 5.11 Å². The first-order valence-corrected chi connectivity index (χ1v) is 6.21. The van der Waals surface area contributed by atoms with Crippen LogP contribution in [-0.2, 0) is 0 Å². The highest BCUT2D eigenvalue weighted by Gasteiger charge is 2.08. The smallest absolute Gasteiger partial charge is 0.122 e. The average molecular weight is 258 g/mol. The summed E-state index contributed by atoms with van der Waals surface area (Å²) in [5.74, 6) is 1.56. The Bertz CT molecular complexity index is 523. The summed E-state index contributed by atoms with van der Waals surface area (Å²) in [4.78, 5) is 0. The number of hydrogen-bond donors (Lipinski definition) is 1. The van der Waals surface area contributed by atoms with Crippen LogP contribution in [0.1, 0.15) is 17.2 Å². The number of benzene rings is 2. The van der Waals surface area contributed by atoms with Gasteiger partial charge in [-0.15, -0.1) is 0 Å². The summed E-state index contributed by atoms with van der Waals surface area (Å²) in [5.41, 5.74) is 1.86.